The van der Waals surface area contributed by atoms with Crippen molar-refractivity contribution < 1.29 is 9.21 Å². The Balaban J connectivity index is 1.85. The van der Waals surface area contributed by atoms with Gasteiger partial charge in [0, 0.05) is 11.6 Å². The largest absolute Gasteiger partial charge is 0.427 e. The second kappa shape index (κ2) is 6.41. The molecule has 0 atom stereocenters. The molecule has 0 spiro atoms. The highest BCUT2D eigenvalue weighted by atomic mass is 16.4. The summed E-state index contributed by atoms with van der Waals surface area (Å²) in [7, 11) is 0. The lowest BCUT2D eigenvalue weighted by atomic mass is 9.83. The van der Waals surface area contributed by atoms with Crippen molar-refractivity contribution in [2.24, 2.45) is 0 Å². The molecule has 0 radical (unpaired) electrons. The van der Waals surface area contributed by atoms with Crippen LogP contribution in [0.1, 0.15) is 59.3 Å². The van der Waals surface area contributed by atoms with Crippen LogP contribution < -0.4 is 10.9 Å². The van der Waals surface area contributed by atoms with Crippen molar-refractivity contribution >= 4 is 11.6 Å². The van der Waals surface area contributed by atoms with Gasteiger partial charge in [-0.25, -0.2) is 4.79 Å². The van der Waals surface area contributed by atoms with Gasteiger partial charge in [-0.3, -0.25) is 4.79 Å². The predicted molar refractivity (Wildman–Crippen MR) is 90.1 cm³/mol. The molecular weight excluding hydrogens is 290 g/mol. The van der Waals surface area contributed by atoms with Crippen LogP contribution >= 0.6 is 0 Å². The second-order valence-electron chi connectivity index (χ2n) is 6.13. The Morgan fingerprint density at radius 3 is 2.70 bits per heavy atom. The Morgan fingerprint density at radius 1 is 1.30 bits per heavy atom. The van der Waals surface area contributed by atoms with Gasteiger partial charge in [0.05, 0.1) is 0 Å². The SMILES string of the molecule is CCc1cccc(NC(=O)c2c(C)cc(C3CCC3)oc2=O)c1. The third kappa shape index (κ3) is 3.21. The number of benzene rings is 1. The van der Waals surface area contributed by atoms with Crippen molar-refractivity contribution in [2.75, 3.05) is 5.32 Å². The molecule has 0 aliphatic heterocycles. The van der Waals surface area contributed by atoms with Crippen LogP contribution in [0.5, 0.6) is 0 Å². The van der Waals surface area contributed by atoms with Crippen LogP contribution in [0.15, 0.2) is 39.5 Å². The van der Waals surface area contributed by atoms with Crippen molar-refractivity contribution in [2.45, 2.75) is 45.4 Å². The number of hydrogen-bond donors (Lipinski definition) is 1. The molecule has 1 aromatic carbocycles. The topological polar surface area (TPSA) is 59.3 Å². The summed E-state index contributed by atoms with van der Waals surface area (Å²) in [5.74, 6) is 0.632. The minimum atomic E-state index is -0.545. The van der Waals surface area contributed by atoms with Gasteiger partial charge in [-0.1, -0.05) is 25.5 Å². The van der Waals surface area contributed by atoms with Crippen molar-refractivity contribution in [3.63, 3.8) is 0 Å². The molecule has 1 fully saturated rings. The highest BCUT2D eigenvalue weighted by Crippen LogP contribution is 2.36. The molecular formula is C19H21NO3. The minimum Gasteiger partial charge on any atom is -0.427 e. The number of amides is 1. The van der Waals surface area contributed by atoms with E-state index in [1.807, 2.05) is 30.3 Å². The van der Waals surface area contributed by atoms with Crippen molar-refractivity contribution in [1.29, 1.82) is 0 Å². The first-order valence-electron chi connectivity index (χ1n) is 8.13. The molecule has 1 amide bonds. The molecule has 4 nitrogen and oxygen atoms in total. The van der Waals surface area contributed by atoms with Crippen molar-refractivity contribution in [1.82, 2.24) is 0 Å². The van der Waals surface area contributed by atoms with Gasteiger partial charge in [0.2, 0.25) is 0 Å². The fourth-order valence-electron chi connectivity index (χ4n) is 2.86. The molecule has 0 saturated heterocycles. The summed E-state index contributed by atoms with van der Waals surface area (Å²) in [5, 5.41) is 2.79. The molecule has 120 valence electrons. The lowest BCUT2D eigenvalue weighted by Gasteiger charge is -2.24. The third-order valence-corrected chi connectivity index (χ3v) is 4.50. The Bertz CT molecular complexity index is 787. The van der Waals surface area contributed by atoms with E-state index in [2.05, 4.69) is 12.2 Å². The number of hydrogen-bond acceptors (Lipinski definition) is 3. The molecule has 1 heterocycles. The van der Waals surface area contributed by atoms with Gasteiger partial charge < -0.3 is 9.73 Å². The number of carbonyl (C=O) groups excluding carboxylic acids is 1. The normalized spacial score (nSPS) is 14.3. The maximum Gasteiger partial charge on any atom is 0.349 e. The van der Waals surface area contributed by atoms with E-state index in [-0.39, 0.29) is 5.56 Å². The first-order chi connectivity index (χ1) is 11.1. The monoisotopic (exact) mass is 311 g/mol. The molecule has 2 aromatic rings. The zero-order valence-corrected chi connectivity index (χ0v) is 13.5. The molecule has 0 bridgehead atoms. The summed E-state index contributed by atoms with van der Waals surface area (Å²) in [4.78, 5) is 24.7. The number of anilines is 1. The van der Waals surface area contributed by atoms with Gasteiger partial charge in [-0.05, 0) is 55.5 Å². The lowest BCUT2D eigenvalue weighted by molar-refractivity contribution is 0.102. The standard InChI is InChI=1S/C19H21NO3/c1-3-13-6-4-9-15(11-13)20-18(21)17-12(2)10-16(23-19(17)22)14-7-5-8-14/h4,6,9-11,14H,3,5,7-8H2,1-2H3,(H,20,21). The highest BCUT2D eigenvalue weighted by Gasteiger charge is 2.25. The Morgan fingerprint density at radius 2 is 2.09 bits per heavy atom. The van der Waals surface area contributed by atoms with E-state index in [0.29, 0.717) is 22.9 Å². The van der Waals surface area contributed by atoms with Gasteiger partial charge in [-0.15, -0.1) is 0 Å². The van der Waals surface area contributed by atoms with Gasteiger partial charge in [-0.2, -0.15) is 0 Å². The number of aryl methyl sites for hydroxylation is 2. The van der Waals surface area contributed by atoms with Crippen LogP contribution in [0.2, 0.25) is 0 Å². The summed E-state index contributed by atoms with van der Waals surface area (Å²) in [5.41, 5.74) is 2.04. The molecule has 3 rings (SSSR count). The second-order valence-corrected chi connectivity index (χ2v) is 6.13. The zero-order valence-electron chi connectivity index (χ0n) is 13.5. The van der Waals surface area contributed by atoms with Crippen LogP contribution in [0.4, 0.5) is 5.69 Å². The van der Waals surface area contributed by atoms with Gasteiger partial charge in [0.1, 0.15) is 11.3 Å². The van der Waals surface area contributed by atoms with Gasteiger partial charge >= 0.3 is 5.63 Å². The summed E-state index contributed by atoms with van der Waals surface area (Å²) in [6.45, 7) is 3.84. The summed E-state index contributed by atoms with van der Waals surface area (Å²) in [6, 6.07) is 9.46. The number of rotatable bonds is 4. The first kappa shape index (κ1) is 15.5. The lowest BCUT2D eigenvalue weighted by Crippen LogP contribution is -2.24. The molecule has 23 heavy (non-hydrogen) atoms. The molecule has 1 aliphatic carbocycles. The van der Waals surface area contributed by atoms with Crippen LogP contribution in [0, 0.1) is 6.92 Å². The van der Waals surface area contributed by atoms with Crippen molar-refractivity contribution in [3.05, 3.63) is 63.2 Å². The average molecular weight is 311 g/mol. The molecule has 4 heteroatoms. The number of nitrogens with one attached hydrogen (secondary N) is 1. The summed E-state index contributed by atoms with van der Waals surface area (Å²) >= 11 is 0. The number of carbonyl (C=O) groups is 1. The Hall–Kier alpha value is -2.36. The van der Waals surface area contributed by atoms with Crippen LogP contribution in [0.25, 0.3) is 0 Å². The average Bonchev–Trinajstić information content (AvgIpc) is 2.44. The maximum absolute atomic E-state index is 12.4. The zero-order chi connectivity index (χ0) is 16.4. The van der Waals surface area contributed by atoms with E-state index in [9.17, 15) is 9.59 Å². The fraction of sp³-hybridized carbons (Fsp3) is 0.368. The molecule has 0 unspecified atom stereocenters. The fourth-order valence-corrected chi connectivity index (χ4v) is 2.86. The van der Waals surface area contributed by atoms with Gasteiger partial charge in [0.25, 0.3) is 5.91 Å². The molecule has 1 saturated carbocycles. The smallest absolute Gasteiger partial charge is 0.349 e. The van der Waals surface area contributed by atoms with E-state index in [4.69, 9.17) is 4.42 Å². The van der Waals surface area contributed by atoms with Crippen LogP contribution in [0.3, 0.4) is 0 Å². The van der Waals surface area contributed by atoms with E-state index in [1.165, 1.54) is 6.42 Å². The maximum atomic E-state index is 12.4. The van der Waals surface area contributed by atoms with E-state index >= 15 is 0 Å². The Labute approximate surface area is 135 Å². The molecule has 1 aromatic heterocycles. The van der Waals surface area contributed by atoms with Crippen LogP contribution in [-0.4, -0.2) is 5.91 Å². The van der Waals surface area contributed by atoms with Gasteiger partial charge in [0.15, 0.2) is 0 Å². The van der Waals surface area contributed by atoms with Crippen LogP contribution in [-0.2, 0) is 6.42 Å². The molecule has 1 N–H and O–H groups in total. The third-order valence-electron chi connectivity index (χ3n) is 4.50. The highest BCUT2D eigenvalue weighted by molar-refractivity contribution is 6.04. The molecule has 1 aliphatic rings. The van der Waals surface area contributed by atoms with E-state index in [1.54, 1.807) is 6.92 Å². The summed E-state index contributed by atoms with van der Waals surface area (Å²) in [6.07, 6.45) is 4.17. The Kier molecular flexibility index (Phi) is 4.33. The predicted octanol–water partition coefficient (Wildman–Crippen LogP) is 4.03. The minimum absolute atomic E-state index is 0.0926. The summed E-state index contributed by atoms with van der Waals surface area (Å²) < 4.78 is 5.38. The quantitative estimate of drug-likeness (QED) is 0.927. The van der Waals surface area contributed by atoms with Crippen molar-refractivity contribution in [3.8, 4) is 0 Å². The first-order valence-corrected chi connectivity index (χ1v) is 8.13. The van der Waals surface area contributed by atoms with E-state index in [0.717, 1.165) is 24.8 Å². The van der Waals surface area contributed by atoms with E-state index < -0.39 is 11.5 Å².